The Balaban J connectivity index is 1.52. The monoisotopic (exact) mass is 420 g/mol. The van der Waals surface area contributed by atoms with Crippen LogP contribution in [0.25, 0.3) is 32.6 Å². The number of likely N-dealkylation sites (N-methyl/N-ethyl adjacent to an activating group) is 1. The van der Waals surface area contributed by atoms with E-state index < -0.39 is 0 Å². The zero-order valence-electron chi connectivity index (χ0n) is 17.2. The number of hydrogen-bond acceptors (Lipinski definition) is 7. The van der Waals surface area contributed by atoms with Crippen LogP contribution in [0.4, 0.5) is 0 Å². The van der Waals surface area contributed by atoms with Gasteiger partial charge in [0.15, 0.2) is 11.4 Å². The van der Waals surface area contributed by atoms with Gasteiger partial charge in [0, 0.05) is 23.7 Å². The Morgan fingerprint density at radius 1 is 1.13 bits per heavy atom. The van der Waals surface area contributed by atoms with Gasteiger partial charge in [-0.2, -0.15) is 0 Å². The molecular formula is C22H24N6OS. The Morgan fingerprint density at radius 3 is 2.80 bits per heavy atom. The minimum absolute atomic E-state index is 0.195. The molecule has 1 aromatic carbocycles. The van der Waals surface area contributed by atoms with Gasteiger partial charge in [-0.15, -0.1) is 21.5 Å². The van der Waals surface area contributed by atoms with E-state index in [1.54, 1.807) is 11.3 Å². The molecule has 7 nitrogen and oxygen atoms in total. The third-order valence-electron chi connectivity index (χ3n) is 6.40. The van der Waals surface area contributed by atoms with Crippen molar-refractivity contribution in [1.82, 2.24) is 29.6 Å². The molecule has 0 amide bonds. The summed E-state index contributed by atoms with van der Waals surface area (Å²) in [6, 6.07) is 4.35. The minimum Gasteiger partial charge on any atom is -0.505 e. The maximum absolute atomic E-state index is 11.0. The molecule has 0 radical (unpaired) electrons. The largest absolute Gasteiger partial charge is 0.505 e. The Kier molecular flexibility index (Phi) is 4.08. The molecule has 3 aromatic heterocycles. The first-order valence-corrected chi connectivity index (χ1v) is 11.4. The fourth-order valence-electron chi connectivity index (χ4n) is 4.78. The number of thiazole rings is 1. The van der Waals surface area contributed by atoms with Gasteiger partial charge in [-0.1, -0.05) is 0 Å². The van der Waals surface area contributed by atoms with Crippen LogP contribution in [0, 0.1) is 6.92 Å². The third kappa shape index (κ3) is 2.81. The molecular weight excluding hydrogens is 396 g/mol. The number of hydrogen-bond donors (Lipinski definition) is 1. The van der Waals surface area contributed by atoms with Gasteiger partial charge in [0.25, 0.3) is 0 Å². The number of piperidine rings is 1. The maximum Gasteiger partial charge on any atom is 0.183 e. The summed E-state index contributed by atoms with van der Waals surface area (Å²) in [6.45, 7) is 4.11. The highest BCUT2D eigenvalue weighted by Crippen LogP contribution is 2.48. The Bertz CT molecular complexity index is 1270. The normalized spacial score (nSPS) is 20.4. The van der Waals surface area contributed by atoms with Crippen LogP contribution in [0.1, 0.15) is 48.2 Å². The first kappa shape index (κ1) is 18.2. The molecule has 0 unspecified atom stereocenters. The number of aromatic nitrogens is 5. The van der Waals surface area contributed by atoms with Crippen molar-refractivity contribution in [3.8, 4) is 17.0 Å². The van der Waals surface area contributed by atoms with Gasteiger partial charge in [-0.25, -0.2) is 9.97 Å². The van der Waals surface area contributed by atoms with E-state index in [1.807, 2.05) is 25.4 Å². The van der Waals surface area contributed by atoms with E-state index in [-0.39, 0.29) is 5.75 Å². The smallest absolute Gasteiger partial charge is 0.183 e. The van der Waals surface area contributed by atoms with E-state index in [4.69, 9.17) is 4.98 Å². The molecule has 30 heavy (non-hydrogen) atoms. The summed E-state index contributed by atoms with van der Waals surface area (Å²) in [5.41, 5.74) is 5.03. The molecule has 1 N–H and O–H groups in total. The van der Waals surface area contributed by atoms with E-state index in [2.05, 4.69) is 31.7 Å². The Labute approximate surface area is 178 Å². The Morgan fingerprint density at radius 2 is 2.00 bits per heavy atom. The summed E-state index contributed by atoms with van der Waals surface area (Å²) in [6.07, 6.45) is 6.52. The summed E-state index contributed by atoms with van der Waals surface area (Å²) in [5, 5.41) is 21.2. The number of nitrogens with zero attached hydrogens (tertiary/aromatic N) is 6. The standard InChI is InChI=1S/C22H24N6OS/c1-12-24-19-16(30-12)8-7-15(21(19)29)18-17(13-5-6-13)20-22(26-25-18)28(11-23-20)14-4-3-9-27(2)10-14/h7-8,11,13-14,29H,3-6,9-10H2,1-2H3/t14-/m1/s1. The van der Waals surface area contributed by atoms with Crippen LogP contribution in [-0.2, 0) is 0 Å². The quantitative estimate of drug-likeness (QED) is 0.533. The number of likely N-dealkylation sites (tertiary alicyclic amines) is 1. The summed E-state index contributed by atoms with van der Waals surface area (Å²) in [4.78, 5) is 11.7. The lowest BCUT2D eigenvalue weighted by molar-refractivity contribution is 0.214. The van der Waals surface area contributed by atoms with Crippen molar-refractivity contribution in [2.24, 2.45) is 0 Å². The second kappa shape index (κ2) is 6.72. The lowest BCUT2D eigenvalue weighted by Crippen LogP contribution is -2.33. The number of phenols is 1. The number of benzene rings is 1. The molecule has 154 valence electrons. The first-order chi connectivity index (χ1) is 14.6. The summed E-state index contributed by atoms with van der Waals surface area (Å²) >= 11 is 1.59. The summed E-state index contributed by atoms with van der Waals surface area (Å²) < 4.78 is 3.20. The number of fused-ring (bicyclic) bond motifs is 2. The molecule has 0 spiro atoms. The molecule has 0 bridgehead atoms. The number of imidazole rings is 1. The molecule has 2 aliphatic rings. The van der Waals surface area contributed by atoms with Crippen LogP contribution in [0.3, 0.4) is 0 Å². The fourth-order valence-corrected chi connectivity index (χ4v) is 5.61. The molecule has 1 aliphatic heterocycles. The van der Waals surface area contributed by atoms with Crippen molar-refractivity contribution < 1.29 is 5.11 Å². The van der Waals surface area contributed by atoms with Gasteiger partial charge in [-0.05, 0) is 64.3 Å². The minimum atomic E-state index is 0.195. The number of aromatic hydroxyl groups is 1. The highest BCUT2D eigenvalue weighted by atomic mass is 32.1. The van der Waals surface area contributed by atoms with Gasteiger partial charge in [0.1, 0.15) is 16.7 Å². The fraction of sp³-hybridized carbons (Fsp3) is 0.455. The average Bonchev–Trinajstić information content (AvgIpc) is 3.35. The molecule has 4 aromatic rings. The van der Waals surface area contributed by atoms with Gasteiger partial charge in [0.2, 0.25) is 0 Å². The Hall–Kier alpha value is -2.58. The predicted octanol–water partition coefficient (Wildman–Crippen LogP) is 4.26. The van der Waals surface area contributed by atoms with Gasteiger partial charge in [-0.3, -0.25) is 0 Å². The van der Waals surface area contributed by atoms with Gasteiger partial charge in [0.05, 0.1) is 16.0 Å². The van der Waals surface area contributed by atoms with Crippen molar-refractivity contribution in [1.29, 1.82) is 0 Å². The lowest BCUT2D eigenvalue weighted by atomic mass is 10.0. The van der Waals surface area contributed by atoms with E-state index in [0.29, 0.717) is 23.0 Å². The second-order valence-electron chi connectivity index (χ2n) is 8.66. The highest BCUT2D eigenvalue weighted by molar-refractivity contribution is 7.18. The summed E-state index contributed by atoms with van der Waals surface area (Å²) in [5.74, 6) is 0.628. The number of rotatable bonds is 3. The molecule has 2 fully saturated rings. The zero-order valence-corrected chi connectivity index (χ0v) is 18.0. The average molecular weight is 421 g/mol. The number of phenolic OH excluding ortho intramolecular Hbond substituents is 1. The molecule has 1 aliphatic carbocycles. The molecule has 6 rings (SSSR count). The van der Waals surface area contributed by atoms with Crippen LogP contribution < -0.4 is 0 Å². The van der Waals surface area contributed by atoms with Gasteiger partial charge >= 0.3 is 0 Å². The molecule has 4 heterocycles. The van der Waals surface area contributed by atoms with Crippen molar-refractivity contribution in [3.05, 3.63) is 29.0 Å². The van der Waals surface area contributed by atoms with E-state index in [1.165, 1.54) is 6.42 Å². The highest BCUT2D eigenvalue weighted by Gasteiger charge is 2.33. The van der Waals surface area contributed by atoms with E-state index in [0.717, 1.165) is 64.5 Å². The summed E-state index contributed by atoms with van der Waals surface area (Å²) in [7, 11) is 2.17. The lowest BCUT2D eigenvalue weighted by Gasteiger charge is -2.30. The van der Waals surface area contributed by atoms with Crippen LogP contribution in [-0.4, -0.2) is 54.9 Å². The van der Waals surface area contributed by atoms with Crippen molar-refractivity contribution in [3.63, 3.8) is 0 Å². The van der Waals surface area contributed by atoms with E-state index >= 15 is 0 Å². The first-order valence-electron chi connectivity index (χ1n) is 10.6. The zero-order chi connectivity index (χ0) is 20.4. The SMILES string of the molecule is Cc1nc2c(O)c(-c3nnc4c(ncn4[C@@H]4CCCN(C)C4)c3C3CC3)ccc2s1. The molecule has 1 saturated heterocycles. The van der Waals surface area contributed by atoms with Crippen molar-refractivity contribution in [2.75, 3.05) is 20.1 Å². The maximum atomic E-state index is 11.0. The van der Waals surface area contributed by atoms with E-state index in [9.17, 15) is 5.11 Å². The van der Waals surface area contributed by atoms with Crippen molar-refractivity contribution in [2.45, 2.75) is 44.6 Å². The van der Waals surface area contributed by atoms with Crippen LogP contribution in [0.15, 0.2) is 18.5 Å². The van der Waals surface area contributed by atoms with Crippen LogP contribution in [0.5, 0.6) is 5.75 Å². The molecule has 8 heteroatoms. The van der Waals surface area contributed by atoms with Crippen molar-refractivity contribution >= 4 is 32.7 Å². The molecule has 1 atom stereocenters. The number of aryl methyl sites for hydroxylation is 1. The molecule has 1 saturated carbocycles. The second-order valence-corrected chi connectivity index (χ2v) is 9.90. The van der Waals surface area contributed by atoms with Crippen LogP contribution in [0.2, 0.25) is 0 Å². The topological polar surface area (TPSA) is 80.0 Å². The van der Waals surface area contributed by atoms with Crippen LogP contribution >= 0.6 is 11.3 Å². The third-order valence-corrected chi connectivity index (χ3v) is 7.33. The van der Waals surface area contributed by atoms with Gasteiger partial charge < -0.3 is 14.6 Å². The predicted molar refractivity (Wildman–Crippen MR) is 118 cm³/mol.